The highest BCUT2D eigenvalue weighted by atomic mass is 35.5. The first-order chi connectivity index (χ1) is 10.6. The summed E-state index contributed by atoms with van der Waals surface area (Å²) in [4.78, 5) is 1.79. The first-order valence-corrected chi connectivity index (χ1v) is 9.28. The van der Waals surface area contributed by atoms with Crippen LogP contribution in [0.4, 0.5) is 4.39 Å². The lowest BCUT2D eigenvalue weighted by Crippen LogP contribution is -2.41. The van der Waals surface area contributed by atoms with E-state index in [9.17, 15) is 17.9 Å². The molecule has 1 aliphatic heterocycles. The SMILES string of the molecule is CN(C)CC1(O)CCCN(S(=O)(=O)c2ccc(F)cc2Cl)CC1. The van der Waals surface area contributed by atoms with Gasteiger partial charge in [0.25, 0.3) is 0 Å². The van der Waals surface area contributed by atoms with E-state index in [0.717, 1.165) is 12.1 Å². The number of sulfonamides is 1. The minimum Gasteiger partial charge on any atom is -0.389 e. The first kappa shape index (κ1) is 18.6. The molecule has 2 rings (SSSR count). The molecule has 1 atom stereocenters. The predicted molar refractivity (Wildman–Crippen MR) is 87.5 cm³/mol. The normalized spacial score (nSPS) is 23.9. The number of rotatable bonds is 4. The summed E-state index contributed by atoms with van der Waals surface area (Å²) in [7, 11) is -0.0601. The lowest BCUT2D eigenvalue weighted by molar-refractivity contribution is 0.00405. The van der Waals surface area contributed by atoms with Gasteiger partial charge in [-0.15, -0.1) is 0 Å². The Morgan fingerprint density at radius 2 is 2.04 bits per heavy atom. The molecular formula is C15H22ClFN2O3S. The van der Waals surface area contributed by atoms with Crippen molar-refractivity contribution < 1.29 is 17.9 Å². The number of nitrogens with zero attached hydrogens (tertiary/aromatic N) is 2. The van der Waals surface area contributed by atoms with E-state index in [4.69, 9.17) is 11.6 Å². The summed E-state index contributed by atoms with van der Waals surface area (Å²) in [6, 6.07) is 3.26. The fourth-order valence-corrected chi connectivity index (χ4v) is 4.95. The van der Waals surface area contributed by atoms with Gasteiger partial charge in [-0.25, -0.2) is 12.8 Å². The van der Waals surface area contributed by atoms with Crippen molar-refractivity contribution in [3.8, 4) is 0 Å². The van der Waals surface area contributed by atoms with Crippen LogP contribution in [0.25, 0.3) is 0 Å². The summed E-state index contributed by atoms with van der Waals surface area (Å²) in [5.41, 5.74) is -0.902. The minimum absolute atomic E-state index is 0.0985. The van der Waals surface area contributed by atoms with Crippen LogP contribution in [-0.4, -0.2) is 62.1 Å². The quantitative estimate of drug-likeness (QED) is 0.887. The molecule has 1 fully saturated rings. The Morgan fingerprint density at radius 1 is 1.35 bits per heavy atom. The van der Waals surface area contributed by atoms with Crippen LogP contribution in [0.2, 0.25) is 5.02 Å². The molecule has 1 heterocycles. The molecule has 8 heteroatoms. The molecular weight excluding hydrogens is 343 g/mol. The van der Waals surface area contributed by atoms with Gasteiger partial charge in [0, 0.05) is 19.6 Å². The van der Waals surface area contributed by atoms with Crippen LogP contribution < -0.4 is 0 Å². The maximum Gasteiger partial charge on any atom is 0.244 e. The van der Waals surface area contributed by atoms with Crippen LogP contribution in [0.15, 0.2) is 23.1 Å². The topological polar surface area (TPSA) is 60.9 Å². The molecule has 0 spiro atoms. The molecule has 130 valence electrons. The van der Waals surface area contributed by atoms with Gasteiger partial charge in [-0.05, 0) is 51.6 Å². The highest BCUT2D eigenvalue weighted by Gasteiger charge is 2.35. The molecule has 0 radical (unpaired) electrons. The smallest absolute Gasteiger partial charge is 0.244 e. The Kier molecular flexibility index (Phi) is 5.68. The molecule has 0 bridgehead atoms. The fraction of sp³-hybridized carbons (Fsp3) is 0.600. The number of aliphatic hydroxyl groups is 1. The number of hydrogen-bond acceptors (Lipinski definition) is 4. The van der Waals surface area contributed by atoms with Gasteiger partial charge in [-0.3, -0.25) is 0 Å². The predicted octanol–water partition coefficient (Wildman–Crippen LogP) is 1.95. The average molecular weight is 365 g/mol. The number of likely N-dealkylation sites (N-methyl/N-ethyl adjacent to an activating group) is 1. The van der Waals surface area contributed by atoms with Crippen LogP contribution in [0, 0.1) is 5.82 Å². The van der Waals surface area contributed by atoms with Crippen molar-refractivity contribution >= 4 is 21.6 Å². The summed E-state index contributed by atoms with van der Waals surface area (Å²) >= 11 is 5.90. The molecule has 1 unspecified atom stereocenters. The van der Waals surface area contributed by atoms with Crippen LogP contribution in [0.1, 0.15) is 19.3 Å². The Bertz CT molecular complexity index is 669. The lowest BCUT2D eigenvalue weighted by Gasteiger charge is -2.29. The van der Waals surface area contributed by atoms with Crippen molar-refractivity contribution in [2.75, 3.05) is 33.7 Å². The second kappa shape index (κ2) is 7.03. The molecule has 23 heavy (non-hydrogen) atoms. The summed E-state index contributed by atoms with van der Waals surface area (Å²) in [6.45, 7) is 1.00. The Morgan fingerprint density at radius 3 is 2.65 bits per heavy atom. The van der Waals surface area contributed by atoms with E-state index in [-0.39, 0.29) is 16.5 Å². The molecule has 1 aromatic rings. The summed E-state index contributed by atoms with van der Waals surface area (Å²) < 4.78 is 39.9. The van der Waals surface area contributed by atoms with Gasteiger partial charge in [0.15, 0.2) is 0 Å². The highest BCUT2D eigenvalue weighted by molar-refractivity contribution is 7.89. The second-order valence-electron chi connectivity index (χ2n) is 6.29. The van der Waals surface area contributed by atoms with E-state index in [1.54, 1.807) is 0 Å². The third-order valence-corrected chi connectivity index (χ3v) is 6.38. The van der Waals surface area contributed by atoms with Gasteiger partial charge in [0.2, 0.25) is 10.0 Å². The third-order valence-electron chi connectivity index (χ3n) is 4.00. The van der Waals surface area contributed by atoms with Crippen molar-refractivity contribution in [1.29, 1.82) is 0 Å². The van der Waals surface area contributed by atoms with Crippen molar-refractivity contribution in [1.82, 2.24) is 9.21 Å². The molecule has 0 saturated carbocycles. The largest absolute Gasteiger partial charge is 0.389 e. The standard InChI is InChI=1S/C15H22ClFN2O3S/c1-18(2)11-15(20)6-3-8-19(9-7-15)23(21,22)14-5-4-12(17)10-13(14)16/h4-5,10,20H,3,6-9,11H2,1-2H3. The van der Waals surface area contributed by atoms with Crippen molar-refractivity contribution in [2.24, 2.45) is 0 Å². The molecule has 1 aromatic carbocycles. The Balaban J connectivity index is 2.21. The van der Waals surface area contributed by atoms with E-state index in [1.165, 1.54) is 10.4 Å². The summed E-state index contributed by atoms with van der Waals surface area (Å²) in [6.07, 6.45) is 1.44. The van der Waals surface area contributed by atoms with E-state index in [2.05, 4.69) is 0 Å². The molecule has 5 nitrogen and oxygen atoms in total. The van der Waals surface area contributed by atoms with Crippen LogP contribution >= 0.6 is 11.6 Å². The summed E-state index contributed by atoms with van der Waals surface area (Å²) in [5.74, 6) is -0.579. The molecule has 0 amide bonds. The lowest BCUT2D eigenvalue weighted by atomic mass is 9.94. The zero-order valence-corrected chi connectivity index (χ0v) is 14.9. The van der Waals surface area contributed by atoms with E-state index >= 15 is 0 Å². The van der Waals surface area contributed by atoms with Gasteiger partial charge in [-0.1, -0.05) is 11.6 Å². The second-order valence-corrected chi connectivity index (χ2v) is 8.61. The fourth-order valence-electron chi connectivity index (χ4n) is 2.96. The van der Waals surface area contributed by atoms with Gasteiger partial charge in [0.05, 0.1) is 10.6 Å². The van der Waals surface area contributed by atoms with Crippen molar-refractivity contribution in [2.45, 2.75) is 29.8 Å². The van der Waals surface area contributed by atoms with E-state index in [0.29, 0.717) is 32.4 Å². The maximum atomic E-state index is 13.1. The summed E-state index contributed by atoms with van der Waals surface area (Å²) in [5, 5.41) is 10.5. The number of benzene rings is 1. The van der Waals surface area contributed by atoms with Gasteiger partial charge in [0.1, 0.15) is 10.7 Å². The van der Waals surface area contributed by atoms with Crippen molar-refractivity contribution in [3.05, 3.63) is 29.0 Å². The van der Waals surface area contributed by atoms with Gasteiger partial charge < -0.3 is 10.0 Å². The number of halogens is 2. The minimum atomic E-state index is -3.80. The van der Waals surface area contributed by atoms with Gasteiger partial charge >= 0.3 is 0 Å². The molecule has 1 saturated heterocycles. The van der Waals surface area contributed by atoms with Crippen LogP contribution in [0.5, 0.6) is 0 Å². The first-order valence-electron chi connectivity index (χ1n) is 7.46. The Labute approximate surface area is 141 Å². The molecule has 1 N–H and O–H groups in total. The maximum absolute atomic E-state index is 13.1. The monoisotopic (exact) mass is 364 g/mol. The molecule has 0 aromatic heterocycles. The Hall–Kier alpha value is -0.730. The third kappa shape index (κ3) is 4.42. The zero-order valence-electron chi connectivity index (χ0n) is 13.3. The van der Waals surface area contributed by atoms with Crippen molar-refractivity contribution in [3.63, 3.8) is 0 Å². The van der Waals surface area contributed by atoms with Crippen LogP contribution in [0.3, 0.4) is 0 Å². The van der Waals surface area contributed by atoms with E-state index < -0.39 is 21.4 Å². The van der Waals surface area contributed by atoms with Crippen LogP contribution in [-0.2, 0) is 10.0 Å². The molecule has 1 aliphatic rings. The van der Waals surface area contributed by atoms with Gasteiger partial charge in [-0.2, -0.15) is 4.31 Å². The van der Waals surface area contributed by atoms with E-state index in [1.807, 2.05) is 19.0 Å². The molecule has 0 aliphatic carbocycles. The number of hydrogen-bond donors (Lipinski definition) is 1. The highest BCUT2D eigenvalue weighted by Crippen LogP contribution is 2.29. The average Bonchev–Trinajstić information content (AvgIpc) is 2.59. The zero-order chi connectivity index (χ0) is 17.3.